The van der Waals surface area contributed by atoms with E-state index in [4.69, 9.17) is 21.0 Å². The second kappa shape index (κ2) is 5.98. The molecule has 0 saturated heterocycles. The molecule has 5 N–H and O–H groups in total. The molecule has 2 rings (SSSR count). The fraction of sp³-hybridized carbons (Fsp3) is 0.267. The smallest absolute Gasteiger partial charge is 0.320 e. The minimum Gasteiger partial charge on any atom is -0.480 e. The zero-order chi connectivity index (χ0) is 16.4. The van der Waals surface area contributed by atoms with Gasteiger partial charge in [0.25, 0.3) is 5.91 Å². The third kappa shape index (κ3) is 2.99. The Morgan fingerprint density at radius 1 is 1.32 bits per heavy atom. The maximum Gasteiger partial charge on any atom is 0.320 e. The molecule has 0 radical (unpaired) electrons. The zero-order valence-electron chi connectivity index (χ0n) is 12.0. The lowest BCUT2D eigenvalue weighted by molar-refractivity contribution is -0.138. The third-order valence-electron chi connectivity index (χ3n) is 3.44. The Hall–Kier alpha value is -2.67. The quantitative estimate of drug-likeness (QED) is 0.686. The van der Waals surface area contributed by atoms with Gasteiger partial charge in [-0.2, -0.15) is 0 Å². The first kappa shape index (κ1) is 15.7. The molecule has 22 heavy (non-hydrogen) atoms. The van der Waals surface area contributed by atoms with E-state index in [0.29, 0.717) is 5.39 Å². The molecule has 0 spiro atoms. The summed E-state index contributed by atoms with van der Waals surface area (Å²) in [6.45, 7) is 1.82. The normalized spacial score (nSPS) is 12.3. The van der Waals surface area contributed by atoms with E-state index in [-0.39, 0.29) is 35.5 Å². The number of primary amides is 1. The van der Waals surface area contributed by atoms with Crippen LogP contribution in [-0.2, 0) is 4.79 Å². The molecule has 1 aromatic carbocycles. The number of amides is 1. The highest BCUT2D eigenvalue weighted by atomic mass is 16.4. The lowest BCUT2D eigenvalue weighted by Gasteiger charge is -2.06. The van der Waals surface area contributed by atoms with Crippen LogP contribution in [0.15, 0.2) is 22.6 Å². The first-order valence-electron chi connectivity index (χ1n) is 6.65. The number of carboxylic acids is 1. The van der Waals surface area contributed by atoms with Crippen LogP contribution in [0.5, 0.6) is 0 Å². The van der Waals surface area contributed by atoms with Gasteiger partial charge in [-0.15, -0.1) is 0 Å². The number of furan rings is 1. The van der Waals surface area contributed by atoms with E-state index >= 15 is 0 Å². The fourth-order valence-corrected chi connectivity index (χ4v) is 2.14. The van der Waals surface area contributed by atoms with Crippen LogP contribution in [0.1, 0.15) is 39.3 Å². The number of hydrogen-bond donors (Lipinski definition) is 3. The molecule has 0 bridgehead atoms. The Bertz CT molecular complexity index is 763. The molecule has 0 fully saturated rings. The van der Waals surface area contributed by atoms with Crippen molar-refractivity contribution in [2.75, 3.05) is 0 Å². The number of benzene rings is 1. The Morgan fingerprint density at radius 2 is 2.00 bits per heavy atom. The number of hydrogen-bond acceptors (Lipinski definition) is 5. The zero-order valence-corrected chi connectivity index (χ0v) is 12.0. The third-order valence-corrected chi connectivity index (χ3v) is 3.44. The van der Waals surface area contributed by atoms with Gasteiger partial charge in [0.15, 0.2) is 11.5 Å². The van der Waals surface area contributed by atoms with Gasteiger partial charge in [-0.1, -0.05) is 6.07 Å². The van der Waals surface area contributed by atoms with Crippen molar-refractivity contribution in [3.05, 3.63) is 35.1 Å². The SMILES string of the molecule is Cc1ccc(C(=O)CC[C@H](N)C(=O)O)c2oc(C(N)=O)cc12. The average molecular weight is 304 g/mol. The maximum absolute atomic E-state index is 12.3. The number of carboxylic acid groups (broad SMARTS) is 1. The maximum atomic E-state index is 12.3. The number of carbonyl (C=O) groups excluding carboxylic acids is 2. The van der Waals surface area contributed by atoms with E-state index in [9.17, 15) is 14.4 Å². The van der Waals surface area contributed by atoms with Crippen LogP contribution in [0.3, 0.4) is 0 Å². The summed E-state index contributed by atoms with van der Waals surface area (Å²) in [5.41, 5.74) is 12.0. The molecule has 2 aromatic rings. The Morgan fingerprint density at radius 3 is 2.59 bits per heavy atom. The van der Waals surface area contributed by atoms with Gasteiger partial charge in [-0.25, -0.2) is 0 Å². The summed E-state index contributed by atoms with van der Waals surface area (Å²) in [6, 6.07) is 3.71. The Kier molecular flexibility index (Phi) is 4.27. The van der Waals surface area contributed by atoms with Gasteiger partial charge in [0.1, 0.15) is 11.6 Å². The standard InChI is InChI=1S/C15H16N2O5/c1-7-2-3-8(11(18)5-4-10(16)15(20)21)13-9(7)6-12(22-13)14(17)19/h2-3,6,10H,4-5,16H2,1H3,(H2,17,19)(H,20,21)/t10-/m0/s1. The van der Waals surface area contributed by atoms with E-state index in [2.05, 4.69) is 0 Å². The highest BCUT2D eigenvalue weighted by Crippen LogP contribution is 2.27. The Balaban J connectivity index is 2.34. The number of Topliss-reactive ketones (excluding diaryl/α,β-unsaturated/α-hetero) is 1. The molecule has 1 aromatic heterocycles. The second-order valence-electron chi connectivity index (χ2n) is 5.05. The molecule has 1 amide bonds. The van der Waals surface area contributed by atoms with E-state index in [1.807, 2.05) is 6.92 Å². The molecule has 0 aliphatic heterocycles. The van der Waals surface area contributed by atoms with Crippen LogP contribution in [-0.4, -0.2) is 28.8 Å². The number of aryl methyl sites for hydroxylation is 1. The molecule has 1 heterocycles. The number of rotatable bonds is 6. The monoisotopic (exact) mass is 304 g/mol. The fourth-order valence-electron chi connectivity index (χ4n) is 2.14. The lowest BCUT2D eigenvalue weighted by Crippen LogP contribution is -2.30. The van der Waals surface area contributed by atoms with E-state index in [1.54, 1.807) is 12.1 Å². The van der Waals surface area contributed by atoms with Gasteiger partial charge >= 0.3 is 5.97 Å². The number of aliphatic carboxylic acids is 1. The molecule has 0 saturated carbocycles. The topological polar surface area (TPSA) is 137 Å². The van der Waals surface area contributed by atoms with Crippen LogP contribution in [0.25, 0.3) is 11.0 Å². The molecule has 0 aliphatic carbocycles. The van der Waals surface area contributed by atoms with Crippen LogP contribution in [0, 0.1) is 6.92 Å². The lowest BCUT2D eigenvalue weighted by atomic mass is 10.00. The highest BCUT2D eigenvalue weighted by molar-refractivity contribution is 6.08. The van der Waals surface area contributed by atoms with Crippen molar-refractivity contribution in [2.24, 2.45) is 11.5 Å². The summed E-state index contributed by atoms with van der Waals surface area (Å²) < 4.78 is 5.37. The van der Waals surface area contributed by atoms with Crippen LogP contribution < -0.4 is 11.5 Å². The summed E-state index contributed by atoms with van der Waals surface area (Å²) >= 11 is 0. The molecule has 0 unspecified atom stereocenters. The molecule has 7 nitrogen and oxygen atoms in total. The largest absolute Gasteiger partial charge is 0.480 e. The number of nitrogens with two attached hydrogens (primary N) is 2. The molecular formula is C15H16N2O5. The van der Waals surface area contributed by atoms with Crippen molar-refractivity contribution < 1.29 is 23.9 Å². The molecule has 7 heteroatoms. The van der Waals surface area contributed by atoms with Crippen molar-refractivity contribution in [3.8, 4) is 0 Å². The van der Waals surface area contributed by atoms with Gasteiger partial charge in [0.05, 0.1) is 5.56 Å². The average Bonchev–Trinajstić information content (AvgIpc) is 2.90. The van der Waals surface area contributed by atoms with Crippen molar-refractivity contribution in [3.63, 3.8) is 0 Å². The summed E-state index contributed by atoms with van der Waals surface area (Å²) in [7, 11) is 0. The summed E-state index contributed by atoms with van der Waals surface area (Å²) in [6.07, 6.45) is -0.00878. The van der Waals surface area contributed by atoms with Crippen LogP contribution in [0.2, 0.25) is 0 Å². The van der Waals surface area contributed by atoms with Crippen LogP contribution in [0.4, 0.5) is 0 Å². The first-order chi connectivity index (χ1) is 10.3. The number of fused-ring (bicyclic) bond motifs is 1. The second-order valence-corrected chi connectivity index (χ2v) is 5.05. The predicted molar refractivity (Wildman–Crippen MR) is 78.6 cm³/mol. The van der Waals surface area contributed by atoms with Crippen molar-refractivity contribution in [2.45, 2.75) is 25.8 Å². The first-order valence-corrected chi connectivity index (χ1v) is 6.65. The van der Waals surface area contributed by atoms with Crippen LogP contribution >= 0.6 is 0 Å². The number of ketones is 1. The summed E-state index contributed by atoms with van der Waals surface area (Å²) in [5, 5.41) is 9.36. The van der Waals surface area contributed by atoms with Crippen molar-refractivity contribution >= 4 is 28.6 Å². The highest BCUT2D eigenvalue weighted by Gasteiger charge is 2.20. The molecule has 116 valence electrons. The van der Waals surface area contributed by atoms with Crippen molar-refractivity contribution in [1.82, 2.24) is 0 Å². The van der Waals surface area contributed by atoms with Gasteiger partial charge < -0.3 is 21.0 Å². The number of carbonyl (C=O) groups is 3. The summed E-state index contributed by atoms with van der Waals surface area (Å²) in [5.74, 6) is -2.20. The molecule has 1 atom stereocenters. The van der Waals surface area contributed by atoms with Gasteiger partial charge in [0, 0.05) is 11.8 Å². The minimum absolute atomic E-state index is 0.0208. The molecular weight excluding hydrogens is 288 g/mol. The van der Waals surface area contributed by atoms with Gasteiger partial charge in [-0.3, -0.25) is 14.4 Å². The van der Waals surface area contributed by atoms with Crippen molar-refractivity contribution in [1.29, 1.82) is 0 Å². The molecule has 0 aliphatic rings. The van der Waals surface area contributed by atoms with E-state index in [1.165, 1.54) is 6.07 Å². The van der Waals surface area contributed by atoms with E-state index in [0.717, 1.165) is 5.56 Å². The summed E-state index contributed by atoms with van der Waals surface area (Å²) in [4.78, 5) is 34.1. The minimum atomic E-state index is -1.16. The Labute approximate surface area is 125 Å². The van der Waals surface area contributed by atoms with Gasteiger partial charge in [-0.05, 0) is 31.0 Å². The van der Waals surface area contributed by atoms with E-state index < -0.39 is 17.9 Å². The predicted octanol–water partition coefficient (Wildman–Crippen LogP) is 1.21. The van der Waals surface area contributed by atoms with Gasteiger partial charge in [0.2, 0.25) is 0 Å².